The van der Waals surface area contributed by atoms with Gasteiger partial charge >= 0.3 is 5.97 Å². The van der Waals surface area contributed by atoms with E-state index in [4.69, 9.17) is 5.11 Å². The van der Waals surface area contributed by atoms with Gasteiger partial charge in [0.2, 0.25) is 0 Å². The molecule has 0 aliphatic carbocycles. The molecule has 1 N–H and O–H groups in total. The molecule has 0 aromatic heterocycles. The number of carboxylic acid groups (broad SMARTS) is 1. The molecule has 0 bridgehead atoms. The summed E-state index contributed by atoms with van der Waals surface area (Å²) in [6, 6.07) is 8.43. The van der Waals surface area contributed by atoms with Crippen LogP contribution in [0.25, 0.3) is 0 Å². The summed E-state index contributed by atoms with van der Waals surface area (Å²) >= 11 is 0. The van der Waals surface area contributed by atoms with Gasteiger partial charge in [0.25, 0.3) is 0 Å². The molecule has 3 nitrogen and oxygen atoms in total. The van der Waals surface area contributed by atoms with E-state index in [0.717, 1.165) is 25.9 Å². The van der Waals surface area contributed by atoms with E-state index in [0.29, 0.717) is 0 Å². The highest BCUT2D eigenvalue weighted by Crippen LogP contribution is 2.35. The molecule has 1 aliphatic rings. The minimum absolute atomic E-state index is 0.103. The summed E-state index contributed by atoms with van der Waals surface area (Å²) < 4.78 is 0. The normalized spacial score (nSPS) is 24.0. The first-order valence-electron chi connectivity index (χ1n) is 6.52. The number of rotatable bonds is 3. The predicted molar refractivity (Wildman–Crippen MR) is 73.0 cm³/mol. The highest BCUT2D eigenvalue weighted by molar-refractivity contribution is 5.68. The molecule has 1 heterocycles. The van der Waals surface area contributed by atoms with Gasteiger partial charge in [-0.05, 0) is 42.9 Å². The average Bonchev–Trinajstić information content (AvgIpc) is 2.27. The van der Waals surface area contributed by atoms with Gasteiger partial charge in [0, 0.05) is 18.8 Å². The van der Waals surface area contributed by atoms with Crippen LogP contribution in [0.4, 0.5) is 5.69 Å². The fraction of sp³-hybridized carbons (Fsp3) is 0.533. The summed E-state index contributed by atoms with van der Waals surface area (Å²) in [6.45, 7) is 6.04. The fourth-order valence-electron chi connectivity index (χ4n) is 2.87. The van der Waals surface area contributed by atoms with Crippen molar-refractivity contribution in [1.82, 2.24) is 0 Å². The second-order valence-corrected chi connectivity index (χ2v) is 5.75. The second kappa shape index (κ2) is 5.01. The Kier molecular flexibility index (Phi) is 3.60. The van der Waals surface area contributed by atoms with E-state index < -0.39 is 5.97 Å². The maximum absolute atomic E-state index is 11.0. The number of anilines is 1. The molecule has 1 atom stereocenters. The Morgan fingerprint density at radius 1 is 1.50 bits per heavy atom. The third-order valence-electron chi connectivity index (χ3n) is 3.73. The van der Waals surface area contributed by atoms with Crippen LogP contribution >= 0.6 is 0 Å². The van der Waals surface area contributed by atoms with Crippen molar-refractivity contribution >= 4 is 11.7 Å². The Balaban J connectivity index is 2.13. The molecule has 0 amide bonds. The van der Waals surface area contributed by atoms with E-state index >= 15 is 0 Å². The second-order valence-electron chi connectivity index (χ2n) is 5.75. The van der Waals surface area contributed by atoms with Crippen LogP contribution in [0.3, 0.4) is 0 Å². The molecule has 1 aliphatic heterocycles. The molecule has 1 saturated heterocycles. The smallest absolute Gasteiger partial charge is 0.303 e. The Morgan fingerprint density at radius 2 is 2.28 bits per heavy atom. The number of aryl methyl sites for hydroxylation is 1. The quantitative estimate of drug-likeness (QED) is 0.892. The van der Waals surface area contributed by atoms with Crippen LogP contribution < -0.4 is 4.90 Å². The van der Waals surface area contributed by atoms with E-state index in [1.54, 1.807) is 0 Å². The molecule has 3 heteroatoms. The molecule has 18 heavy (non-hydrogen) atoms. The summed E-state index contributed by atoms with van der Waals surface area (Å²) in [6.07, 6.45) is 2.33. The van der Waals surface area contributed by atoms with Crippen LogP contribution in [0, 0.1) is 12.3 Å². The van der Waals surface area contributed by atoms with E-state index in [-0.39, 0.29) is 11.8 Å². The lowest BCUT2D eigenvalue weighted by molar-refractivity contribution is -0.139. The molecule has 0 saturated carbocycles. The molecule has 0 spiro atoms. The van der Waals surface area contributed by atoms with Crippen molar-refractivity contribution in [2.75, 3.05) is 18.0 Å². The average molecular weight is 247 g/mol. The number of carboxylic acids is 1. The Labute approximate surface area is 108 Å². The zero-order valence-electron chi connectivity index (χ0n) is 11.1. The summed E-state index contributed by atoms with van der Waals surface area (Å²) in [5, 5.41) is 9.01. The first-order valence-corrected chi connectivity index (χ1v) is 6.52. The van der Waals surface area contributed by atoms with Crippen LogP contribution in [0.5, 0.6) is 0 Å². The van der Waals surface area contributed by atoms with E-state index in [1.807, 2.05) is 0 Å². The number of aliphatic carboxylic acids is 1. The molecule has 98 valence electrons. The number of hydrogen-bond donors (Lipinski definition) is 1. The van der Waals surface area contributed by atoms with Crippen LogP contribution in [-0.2, 0) is 4.79 Å². The van der Waals surface area contributed by atoms with Crippen molar-refractivity contribution in [1.29, 1.82) is 0 Å². The summed E-state index contributed by atoms with van der Waals surface area (Å²) in [5.74, 6) is -0.691. The largest absolute Gasteiger partial charge is 0.481 e. The van der Waals surface area contributed by atoms with Crippen LogP contribution in [0.2, 0.25) is 0 Å². The van der Waals surface area contributed by atoms with Gasteiger partial charge in [-0.2, -0.15) is 0 Å². The standard InChI is InChI=1S/C15H21NO2/c1-12-5-3-6-13(9-12)16-8-4-7-15(2,11-16)10-14(17)18/h3,5-6,9H,4,7-8,10-11H2,1-2H3,(H,17,18). The minimum atomic E-state index is -0.691. The molecule has 0 radical (unpaired) electrons. The lowest BCUT2D eigenvalue weighted by Crippen LogP contribution is -2.42. The number of hydrogen-bond acceptors (Lipinski definition) is 2. The molecular formula is C15H21NO2. The van der Waals surface area contributed by atoms with Gasteiger partial charge in [0.15, 0.2) is 0 Å². The molecule has 1 aromatic carbocycles. The van der Waals surface area contributed by atoms with Gasteiger partial charge in [0.1, 0.15) is 0 Å². The zero-order chi connectivity index (χ0) is 13.2. The number of nitrogens with zero attached hydrogens (tertiary/aromatic N) is 1. The van der Waals surface area contributed by atoms with Crippen molar-refractivity contribution in [3.05, 3.63) is 29.8 Å². The van der Waals surface area contributed by atoms with Gasteiger partial charge in [-0.3, -0.25) is 4.79 Å². The molecule has 1 aromatic rings. The number of piperidine rings is 1. The van der Waals surface area contributed by atoms with Crippen molar-refractivity contribution in [2.45, 2.75) is 33.1 Å². The predicted octanol–water partition coefficient (Wildman–Crippen LogP) is 3.08. The van der Waals surface area contributed by atoms with Crippen molar-refractivity contribution in [3.63, 3.8) is 0 Å². The van der Waals surface area contributed by atoms with Crippen LogP contribution in [-0.4, -0.2) is 24.2 Å². The van der Waals surface area contributed by atoms with E-state index in [9.17, 15) is 4.79 Å². The highest BCUT2D eigenvalue weighted by atomic mass is 16.4. The number of carbonyl (C=O) groups is 1. The SMILES string of the molecule is Cc1cccc(N2CCCC(C)(CC(=O)O)C2)c1. The van der Waals surface area contributed by atoms with Gasteiger partial charge in [0.05, 0.1) is 6.42 Å². The third kappa shape index (κ3) is 3.03. The first kappa shape index (κ1) is 12.9. The van der Waals surface area contributed by atoms with Gasteiger partial charge in [-0.15, -0.1) is 0 Å². The maximum atomic E-state index is 11.0. The topological polar surface area (TPSA) is 40.5 Å². The summed E-state index contributed by atoms with van der Waals surface area (Å²) in [4.78, 5) is 13.3. The molecule has 1 unspecified atom stereocenters. The van der Waals surface area contributed by atoms with E-state index in [2.05, 4.69) is 43.0 Å². The highest BCUT2D eigenvalue weighted by Gasteiger charge is 2.33. The maximum Gasteiger partial charge on any atom is 0.303 e. The molecular weight excluding hydrogens is 226 g/mol. The van der Waals surface area contributed by atoms with Gasteiger partial charge in [-0.25, -0.2) is 0 Å². The lowest BCUT2D eigenvalue weighted by atomic mass is 9.79. The monoisotopic (exact) mass is 247 g/mol. The Morgan fingerprint density at radius 3 is 2.94 bits per heavy atom. The van der Waals surface area contributed by atoms with E-state index in [1.165, 1.54) is 11.3 Å². The van der Waals surface area contributed by atoms with Crippen molar-refractivity contribution < 1.29 is 9.90 Å². The third-order valence-corrected chi connectivity index (χ3v) is 3.73. The fourth-order valence-corrected chi connectivity index (χ4v) is 2.87. The molecule has 2 rings (SSSR count). The number of benzene rings is 1. The first-order chi connectivity index (χ1) is 8.48. The molecule has 1 fully saturated rings. The van der Waals surface area contributed by atoms with Crippen LogP contribution in [0.15, 0.2) is 24.3 Å². The summed E-state index contributed by atoms with van der Waals surface area (Å²) in [7, 11) is 0. The zero-order valence-corrected chi connectivity index (χ0v) is 11.1. The van der Waals surface area contributed by atoms with Crippen LogP contribution in [0.1, 0.15) is 31.7 Å². The van der Waals surface area contributed by atoms with Gasteiger partial charge in [-0.1, -0.05) is 19.1 Å². The lowest BCUT2D eigenvalue weighted by Gasteiger charge is -2.41. The minimum Gasteiger partial charge on any atom is -0.481 e. The van der Waals surface area contributed by atoms with Crippen molar-refractivity contribution in [2.24, 2.45) is 5.41 Å². The summed E-state index contributed by atoms with van der Waals surface area (Å²) in [5.41, 5.74) is 2.36. The van der Waals surface area contributed by atoms with Gasteiger partial charge < -0.3 is 10.0 Å². The van der Waals surface area contributed by atoms with Crippen molar-refractivity contribution in [3.8, 4) is 0 Å². The Hall–Kier alpha value is -1.51. The Bertz CT molecular complexity index is 444.